The molecular weight excluding hydrogens is 256 g/mol. The number of carbonyl (C=O) groups excluding carboxylic acids is 1. The summed E-state index contributed by atoms with van der Waals surface area (Å²) in [6.07, 6.45) is 6.61. The van der Waals surface area contributed by atoms with Crippen LogP contribution in [-0.2, 0) is 9.59 Å². The van der Waals surface area contributed by atoms with Crippen LogP contribution in [0.25, 0.3) is 0 Å². The topological polar surface area (TPSA) is 74.6 Å². The molecule has 0 unspecified atom stereocenters. The molecule has 0 aromatic carbocycles. The molecule has 0 saturated heterocycles. The standard InChI is InChI=1S/C16H22O4/c1-5-12-9-13(17)10-15(3,4)16(12,20)7-6-11(2)8-14(18)19/h6-9,20H,5,10H2,1-4H3,(H,18,19)/b7-6+,11-8-/t16-/m0/s1. The van der Waals surface area contributed by atoms with Gasteiger partial charge in [0.15, 0.2) is 5.78 Å². The highest BCUT2D eigenvalue weighted by molar-refractivity contribution is 5.93. The number of hydrogen-bond acceptors (Lipinski definition) is 3. The zero-order chi connectivity index (χ0) is 15.6. The first kappa shape index (κ1) is 16.4. The zero-order valence-electron chi connectivity index (χ0n) is 12.4. The Bertz CT molecular complexity index is 509. The third-order valence-corrected chi connectivity index (χ3v) is 3.79. The second-order valence-electron chi connectivity index (χ2n) is 5.88. The van der Waals surface area contributed by atoms with E-state index in [0.29, 0.717) is 17.6 Å². The number of carboxylic acids is 1. The van der Waals surface area contributed by atoms with Gasteiger partial charge in [-0.3, -0.25) is 4.79 Å². The predicted octanol–water partition coefficient (Wildman–Crippen LogP) is 2.64. The van der Waals surface area contributed by atoms with Crippen molar-refractivity contribution in [3.8, 4) is 0 Å². The van der Waals surface area contributed by atoms with Gasteiger partial charge in [-0.2, -0.15) is 0 Å². The second-order valence-corrected chi connectivity index (χ2v) is 5.88. The number of ketones is 1. The van der Waals surface area contributed by atoms with E-state index in [2.05, 4.69) is 0 Å². The maximum absolute atomic E-state index is 11.7. The summed E-state index contributed by atoms with van der Waals surface area (Å²) >= 11 is 0. The number of hydrogen-bond donors (Lipinski definition) is 2. The van der Waals surface area contributed by atoms with Crippen molar-refractivity contribution in [2.75, 3.05) is 0 Å². The maximum Gasteiger partial charge on any atom is 0.328 e. The van der Waals surface area contributed by atoms with E-state index in [4.69, 9.17) is 5.11 Å². The summed E-state index contributed by atoms with van der Waals surface area (Å²) in [7, 11) is 0. The monoisotopic (exact) mass is 278 g/mol. The van der Waals surface area contributed by atoms with Gasteiger partial charge in [0.25, 0.3) is 0 Å². The molecule has 0 aromatic rings. The van der Waals surface area contributed by atoms with E-state index in [1.807, 2.05) is 20.8 Å². The number of aliphatic carboxylic acids is 1. The molecule has 0 radical (unpaired) electrons. The van der Waals surface area contributed by atoms with Gasteiger partial charge in [0.2, 0.25) is 0 Å². The van der Waals surface area contributed by atoms with Crippen LogP contribution in [0.2, 0.25) is 0 Å². The fraction of sp³-hybridized carbons (Fsp3) is 0.500. The number of allylic oxidation sites excluding steroid dienone is 3. The summed E-state index contributed by atoms with van der Waals surface area (Å²) in [5.74, 6) is -1.01. The average molecular weight is 278 g/mol. The molecule has 0 fully saturated rings. The number of rotatable bonds is 4. The van der Waals surface area contributed by atoms with E-state index in [9.17, 15) is 14.7 Å². The molecule has 4 heteroatoms. The molecule has 4 nitrogen and oxygen atoms in total. The van der Waals surface area contributed by atoms with E-state index in [0.717, 1.165) is 6.08 Å². The minimum absolute atomic E-state index is 0.0164. The van der Waals surface area contributed by atoms with E-state index < -0.39 is 17.0 Å². The van der Waals surface area contributed by atoms with E-state index >= 15 is 0 Å². The van der Waals surface area contributed by atoms with Crippen molar-refractivity contribution in [3.63, 3.8) is 0 Å². The number of carbonyl (C=O) groups is 2. The highest BCUT2D eigenvalue weighted by Gasteiger charge is 2.47. The molecule has 1 aliphatic carbocycles. The Labute approximate surface area is 119 Å². The van der Waals surface area contributed by atoms with Crippen molar-refractivity contribution >= 4 is 11.8 Å². The van der Waals surface area contributed by atoms with Crippen LogP contribution >= 0.6 is 0 Å². The predicted molar refractivity (Wildman–Crippen MR) is 77.3 cm³/mol. The lowest BCUT2D eigenvalue weighted by Gasteiger charge is -2.44. The Balaban J connectivity index is 3.22. The van der Waals surface area contributed by atoms with Crippen molar-refractivity contribution in [1.29, 1.82) is 0 Å². The Morgan fingerprint density at radius 1 is 1.45 bits per heavy atom. The second kappa shape index (κ2) is 5.75. The third kappa shape index (κ3) is 3.25. The summed E-state index contributed by atoms with van der Waals surface area (Å²) in [5.41, 5.74) is -0.653. The van der Waals surface area contributed by atoms with E-state index in [1.54, 1.807) is 19.1 Å². The van der Waals surface area contributed by atoms with Gasteiger partial charge in [-0.25, -0.2) is 4.79 Å². The largest absolute Gasteiger partial charge is 0.478 e. The molecule has 0 aromatic heterocycles. The third-order valence-electron chi connectivity index (χ3n) is 3.79. The van der Waals surface area contributed by atoms with Crippen LogP contribution in [0, 0.1) is 5.41 Å². The lowest BCUT2D eigenvalue weighted by molar-refractivity contribution is -0.131. The van der Waals surface area contributed by atoms with Crippen molar-refractivity contribution in [1.82, 2.24) is 0 Å². The fourth-order valence-electron chi connectivity index (χ4n) is 2.56. The minimum Gasteiger partial charge on any atom is -0.478 e. The molecular formula is C16H22O4. The summed E-state index contributed by atoms with van der Waals surface area (Å²) in [4.78, 5) is 22.3. The van der Waals surface area contributed by atoms with Gasteiger partial charge < -0.3 is 10.2 Å². The van der Waals surface area contributed by atoms with Gasteiger partial charge >= 0.3 is 5.97 Å². The molecule has 0 heterocycles. The maximum atomic E-state index is 11.7. The lowest BCUT2D eigenvalue weighted by Crippen LogP contribution is -2.48. The Morgan fingerprint density at radius 2 is 2.05 bits per heavy atom. The SMILES string of the molecule is CCC1=CC(=O)CC(C)(C)[C@]1(O)/C=C/C(C)=C\C(=O)O. The quantitative estimate of drug-likeness (QED) is 0.612. The van der Waals surface area contributed by atoms with Gasteiger partial charge in [-0.15, -0.1) is 0 Å². The van der Waals surface area contributed by atoms with Crippen molar-refractivity contribution < 1.29 is 19.8 Å². The molecule has 0 amide bonds. The first-order valence-electron chi connectivity index (χ1n) is 6.69. The minimum atomic E-state index is -1.23. The van der Waals surface area contributed by atoms with Crippen LogP contribution in [0.15, 0.2) is 35.5 Å². The molecule has 20 heavy (non-hydrogen) atoms. The van der Waals surface area contributed by atoms with Gasteiger partial charge in [-0.05, 0) is 36.6 Å². The lowest BCUT2D eigenvalue weighted by atomic mass is 9.63. The molecule has 0 aliphatic heterocycles. The van der Waals surface area contributed by atoms with Gasteiger partial charge in [0.05, 0.1) is 0 Å². The van der Waals surface area contributed by atoms with Gasteiger partial charge in [0, 0.05) is 17.9 Å². The average Bonchev–Trinajstić information content (AvgIpc) is 2.30. The Morgan fingerprint density at radius 3 is 2.55 bits per heavy atom. The molecule has 0 bridgehead atoms. The van der Waals surface area contributed by atoms with Crippen molar-refractivity contribution in [3.05, 3.63) is 35.5 Å². The Hall–Kier alpha value is -1.68. The van der Waals surface area contributed by atoms with Gasteiger partial charge in [0.1, 0.15) is 5.60 Å². The summed E-state index contributed by atoms with van der Waals surface area (Å²) < 4.78 is 0. The fourth-order valence-corrected chi connectivity index (χ4v) is 2.56. The summed E-state index contributed by atoms with van der Waals surface area (Å²) in [6.45, 7) is 7.23. The molecule has 0 saturated carbocycles. The highest BCUT2D eigenvalue weighted by atomic mass is 16.4. The van der Waals surface area contributed by atoms with Crippen LogP contribution in [0.3, 0.4) is 0 Å². The van der Waals surface area contributed by atoms with Gasteiger partial charge in [-0.1, -0.05) is 26.8 Å². The smallest absolute Gasteiger partial charge is 0.328 e. The van der Waals surface area contributed by atoms with E-state index in [-0.39, 0.29) is 12.2 Å². The Kier molecular flexibility index (Phi) is 4.71. The highest BCUT2D eigenvalue weighted by Crippen LogP contribution is 2.45. The van der Waals surface area contributed by atoms with Crippen molar-refractivity contribution in [2.45, 2.75) is 46.1 Å². The first-order chi connectivity index (χ1) is 9.12. The van der Waals surface area contributed by atoms with Crippen molar-refractivity contribution in [2.24, 2.45) is 5.41 Å². The van der Waals surface area contributed by atoms with E-state index in [1.165, 1.54) is 6.08 Å². The zero-order valence-corrected chi connectivity index (χ0v) is 12.4. The molecule has 0 spiro atoms. The molecule has 1 aliphatic rings. The van der Waals surface area contributed by atoms with Crippen LogP contribution < -0.4 is 0 Å². The molecule has 1 rings (SSSR count). The van der Waals surface area contributed by atoms with Crippen LogP contribution in [0.4, 0.5) is 0 Å². The molecule has 110 valence electrons. The number of aliphatic hydroxyl groups is 1. The van der Waals surface area contributed by atoms with Crippen LogP contribution in [0.1, 0.15) is 40.5 Å². The first-order valence-corrected chi connectivity index (χ1v) is 6.69. The number of carboxylic acid groups (broad SMARTS) is 1. The van der Waals surface area contributed by atoms with Crippen LogP contribution in [-0.4, -0.2) is 27.6 Å². The molecule has 1 atom stereocenters. The normalized spacial score (nSPS) is 26.8. The summed E-state index contributed by atoms with van der Waals surface area (Å²) in [5, 5.41) is 19.7. The molecule has 2 N–H and O–H groups in total. The van der Waals surface area contributed by atoms with Crippen LogP contribution in [0.5, 0.6) is 0 Å². The summed E-state index contributed by atoms with van der Waals surface area (Å²) in [6, 6.07) is 0.